The van der Waals surface area contributed by atoms with Gasteiger partial charge in [-0.1, -0.05) is 13.8 Å². The van der Waals surface area contributed by atoms with Crippen molar-refractivity contribution in [3.63, 3.8) is 0 Å². The van der Waals surface area contributed by atoms with Crippen LogP contribution in [-0.4, -0.2) is 36.2 Å². The van der Waals surface area contributed by atoms with Crippen molar-refractivity contribution in [3.8, 4) is 0 Å². The van der Waals surface area contributed by atoms with Gasteiger partial charge in [-0.25, -0.2) is 0 Å². The molecule has 0 saturated heterocycles. The molecular weight excluding hydrogens is 216 g/mol. The van der Waals surface area contributed by atoms with E-state index in [0.29, 0.717) is 5.92 Å². The molecule has 0 aromatic rings. The number of hydrogen-bond acceptors (Lipinski definition) is 3. The van der Waals surface area contributed by atoms with E-state index >= 15 is 0 Å². The van der Waals surface area contributed by atoms with Gasteiger partial charge in [-0.05, 0) is 45.6 Å². The summed E-state index contributed by atoms with van der Waals surface area (Å²) in [5, 5.41) is 15.2. The van der Waals surface area contributed by atoms with Crippen LogP contribution in [0.25, 0.3) is 0 Å². The summed E-state index contributed by atoms with van der Waals surface area (Å²) in [5.41, 5.74) is 0. The maximum atomic E-state index is 11.6. The van der Waals surface area contributed by atoms with Gasteiger partial charge in [0.05, 0.1) is 12.1 Å². The van der Waals surface area contributed by atoms with Gasteiger partial charge >= 0.3 is 0 Å². The maximum Gasteiger partial charge on any atom is 0.236 e. The molecule has 3 N–H and O–H groups in total. The number of amides is 1. The van der Waals surface area contributed by atoms with Crippen molar-refractivity contribution >= 4 is 5.91 Å². The molecule has 2 atom stereocenters. The Balaban J connectivity index is 3.53. The van der Waals surface area contributed by atoms with Gasteiger partial charge in [0, 0.05) is 6.54 Å². The summed E-state index contributed by atoms with van der Waals surface area (Å²) in [5.74, 6) is 0.673. The third-order valence-corrected chi connectivity index (χ3v) is 2.66. The summed E-state index contributed by atoms with van der Waals surface area (Å²) in [7, 11) is 0. The Bertz CT molecular complexity index is 206. The van der Waals surface area contributed by atoms with E-state index in [-0.39, 0.29) is 18.1 Å². The molecule has 0 aromatic carbocycles. The van der Waals surface area contributed by atoms with Crippen molar-refractivity contribution in [2.45, 2.75) is 59.1 Å². The van der Waals surface area contributed by atoms with Crippen LogP contribution in [0.2, 0.25) is 0 Å². The third-order valence-electron chi connectivity index (χ3n) is 2.66. The highest BCUT2D eigenvalue weighted by Crippen LogP contribution is 1.97. The van der Waals surface area contributed by atoms with Crippen LogP contribution in [0.1, 0.15) is 47.0 Å². The van der Waals surface area contributed by atoms with Gasteiger partial charge in [0.15, 0.2) is 0 Å². The van der Waals surface area contributed by atoms with Crippen LogP contribution in [-0.2, 0) is 4.79 Å². The van der Waals surface area contributed by atoms with Crippen molar-refractivity contribution < 1.29 is 9.90 Å². The number of carbonyl (C=O) groups is 1. The van der Waals surface area contributed by atoms with Gasteiger partial charge in [-0.15, -0.1) is 0 Å². The molecule has 0 fully saturated rings. The molecule has 0 heterocycles. The molecule has 4 heteroatoms. The van der Waals surface area contributed by atoms with Crippen molar-refractivity contribution in [2.75, 3.05) is 13.1 Å². The normalized spacial score (nSPS) is 14.7. The first-order valence-corrected chi connectivity index (χ1v) is 6.62. The number of carbonyl (C=O) groups excluding carboxylic acids is 1. The lowest BCUT2D eigenvalue weighted by atomic mass is 10.1. The van der Waals surface area contributed by atoms with Gasteiger partial charge in [0.1, 0.15) is 0 Å². The molecule has 0 aromatic heterocycles. The van der Waals surface area contributed by atoms with Gasteiger partial charge in [-0.3, -0.25) is 4.79 Å². The molecular formula is C13H28N2O2. The SMILES string of the molecule is CC(C)CCNC(=O)C(C)NCCCC(C)O. The Kier molecular flexibility index (Phi) is 9.09. The van der Waals surface area contributed by atoms with Crippen molar-refractivity contribution in [1.29, 1.82) is 0 Å². The van der Waals surface area contributed by atoms with Crippen LogP contribution < -0.4 is 10.6 Å². The zero-order chi connectivity index (χ0) is 13.3. The predicted molar refractivity (Wildman–Crippen MR) is 70.8 cm³/mol. The average Bonchev–Trinajstić information content (AvgIpc) is 2.23. The molecule has 102 valence electrons. The van der Waals surface area contributed by atoms with Crippen LogP contribution in [0.5, 0.6) is 0 Å². The van der Waals surface area contributed by atoms with Crippen LogP contribution in [0, 0.1) is 5.92 Å². The van der Waals surface area contributed by atoms with E-state index in [1.54, 1.807) is 6.92 Å². The van der Waals surface area contributed by atoms with Gasteiger partial charge < -0.3 is 15.7 Å². The lowest BCUT2D eigenvalue weighted by Crippen LogP contribution is -2.43. The highest BCUT2D eigenvalue weighted by molar-refractivity contribution is 5.81. The molecule has 17 heavy (non-hydrogen) atoms. The summed E-state index contributed by atoms with van der Waals surface area (Å²) in [4.78, 5) is 11.6. The predicted octanol–water partition coefficient (Wildman–Crippen LogP) is 1.29. The zero-order valence-electron chi connectivity index (χ0n) is 11.6. The van der Waals surface area contributed by atoms with E-state index in [9.17, 15) is 4.79 Å². The number of aliphatic hydroxyl groups is 1. The quantitative estimate of drug-likeness (QED) is 0.536. The second kappa shape index (κ2) is 9.42. The molecule has 4 nitrogen and oxygen atoms in total. The maximum absolute atomic E-state index is 11.6. The smallest absolute Gasteiger partial charge is 0.236 e. The highest BCUT2D eigenvalue weighted by atomic mass is 16.3. The van der Waals surface area contributed by atoms with E-state index < -0.39 is 0 Å². The van der Waals surface area contributed by atoms with E-state index in [0.717, 1.165) is 32.4 Å². The molecule has 1 amide bonds. The summed E-state index contributed by atoms with van der Waals surface area (Å²) < 4.78 is 0. The standard InChI is InChI=1S/C13H28N2O2/c1-10(2)7-9-15-13(17)12(4)14-8-5-6-11(3)16/h10-12,14,16H,5-9H2,1-4H3,(H,15,17). The second-order valence-corrected chi connectivity index (χ2v) is 5.14. The minimum atomic E-state index is -0.257. The first kappa shape index (κ1) is 16.4. The molecule has 0 bridgehead atoms. The fourth-order valence-electron chi connectivity index (χ4n) is 1.45. The topological polar surface area (TPSA) is 61.4 Å². The molecule has 0 spiro atoms. The summed E-state index contributed by atoms with van der Waals surface area (Å²) in [6, 6.07) is -0.156. The average molecular weight is 244 g/mol. The fourth-order valence-corrected chi connectivity index (χ4v) is 1.45. The number of nitrogens with one attached hydrogen (secondary N) is 2. The molecule has 0 saturated carbocycles. The Morgan fingerprint density at radius 1 is 1.12 bits per heavy atom. The fraction of sp³-hybridized carbons (Fsp3) is 0.923. The lowest BCUT2D eigenvalue weighted by molar-refractivity contribution is -0.122. The highest BCUT2D eigenvalue weighted by Gasteiger charge is 2.11. The van der Waals surface area contributed by atoms with Gasteiger partial charge in [0.25, 0.3) is 0 Å². The van der Waals surface area contributed by atoms with Gasteiger partial charge in [0.2, 0.25) is 5.91 Å². The number of aliphatic hydroxyl groups excluding tert-OH is 1. The first-order chi connectivity index (χ1) is 7.93. The Hall–Kier alpha value is -0.610. The van der Waals surface area contributed by atoms with E-state index in [1.165, 1.54) is 0 Å². The van der Waals surface area contributed by atoms with Gasteiger partial charge in [-0.2, -0.15) is 0 Å². The monoisotopic (exact) mass is 244 g/mol. The number of hydrogen-bond donors (Lipinski definition) is 3. The van der Waals surface area contributed by atoms with Crippen LogP contribution >= 0.6 is 0 Å². The Labute approximate surface area is 105 Å². The van der Waals surface area contributed by atoms with Crippen LogP contribution in [0.4, 0.5) is 0 Å². The Morgan fingerprint density at radius 3 is 2.29 bits per heavy atom. The van der Waals surface area contributed by atoms with Crippen LogP contribution in [0.15, 0.2) is 0 Å². The molecule has 0 rings (SSSR count). The zero-order valence-corrected chi connectivity index (χ0v) is 11.6. The summed E-state index contributed by atoms with van der Waals surface area (Å²) in [6.45, 7) is 9.45. The minimum absolute atomic E-state index is 0.0581. The first-order valence-electron chi connectivity index (χ1n) is 6.62. The summed E-state index contributed by atoms with van der Waals surface area (Å²) in [6.07, 6.45) is 2.42. The molecule has 2 unspecified atom stereocenters. The molecule has 0 aliphatic heterocycles. The van der Waals surface area contributed by atoms with E-state index in [4.69, 9.17) is 5.11 Å². The van der Waals surface area contributed by atoms with Crippen molar-refractivity contribution in [2.24, 2.45) is 5.92 Å². The molecule has 0 aliphatic rings. The van der Waals surface area contributed by atoms with E-state index in [1.807, 2.05) is 6.92 Å². The van der Waals surface area contributed by atoms with Crippen LogP contribution in [0.3, 0.4) is 0 Å². The molecule has 0 radical (unpaired) electrons. The number of rotatable bonds is 9. The van der Waals surface area contributed by atoms with Crippen molar-refractivity contribution in [3.05, 3.63) is 0 Å². The minimum Gasteiger partial charge on any atom is -0.393 e. The lowest BCUT2D eigenvalue weighted by Gasteiger charge is -2.14. The Morgan fingerprint density at radius 2 is 1.76 bits per heavy atom. The van der Waals surface area contributed by atoms with E-state index in [2.05, 4.69) is 24.5 Å². The van der Waals surface area contributed by atoms with Crippen molar-refractivity contribution in [1.82, 2.24) is 10.6 Å². The third kappa shape index (κ3) is 10.3. The second-order valence-electron chi connectivity index (χ2n) is 5.14. The summed E-state index contributed by atoms with van der Waals surface area (Å²) >= 11 is 0. The largest absolute Gasteiger partial charge is 0.393 e. The molecule has 0 aliphatic carbocycles.